The van der Waals surface area contributed by atoms with E-state index in [9.17, 15) is 28.8 Å². The van der Waals surface area contributed by atoms with Crippen molar-refractivity contribution in [1.82, 2.24) is 37.0 Å². The Hall–Kier alpha value is -5.34. The van der Waals surface area contributed by atoms with E-state index >= 15 is 0 Å². The fourth-order valence-corrected chi connectivity index (χ4v) is 9.33. The Morgan fingerprint density at radius 3 is 1.63 bits per heavy atom. The van der Waals surface area contributed by atoms with Crippen LogP contribution < -0.4 is 45.2 Å². The quantitative estimate of drug-likeness (QED) is 0.0664. The molecule has 0 bridgehead atoms. The first-order valence-corrected chi connectivity index (χ1v) is 26.9. The number of aliphatic imine (C=N–C) groups is 1. The van der Waals surface area contributed by atoms with Crippen LogP contribution in [0.15, 0.2) is 91.2 Å². The summed E-state index contributed by atoms with van der Waals surface area (Å²) in [5.41, 5.74) is 13.5. The Labute approximate surface area is 439 Å². The second-order valence-corrected chi connectivity index (χ2v) is 20.2. The van der Waals surface area contributed by atoms with Gasteiger partial charge in [0, 0.05) is 81.7 Å². The number of halogens is 3. The molecule has 6 aromatic rings. The smallest absolute Gasteiger partial charge is 0.332 e. The Morgan fingerprint density at radius 2 is 1.07 bits per heavy atom. The molecule has 4 N–H and O–H groups in total. The van der Waals surface area contributed by atoms with E-state index in [0.29, 0.717) is 35.5 Å². The second kappa shape index (κ2) is 28.0. The third-order valence-electron chi connectivity index (χ3n) is 12.4. The lowest BCUT2D eigenvalue weighted by atomic mass is 10.1. The minimum Gasteiger partial charge on any atom is -0.391 e. The van der Waals surface area contributed by atoms with E-state index in [0.717, 1.165) is 77.2 Å². The Bertz CT molecular complexity index is 3140. The number of aryl methyl sites for hydroxylation is 2. The normalized spacial score (nSPS) is 11.6. The molecule has 0 amide bonds. The minimum absolute atomic E-state index is 0.00287. The first-order valence-electron chi connectivity index (χ1n) is 24.2. The first kappa shape index (κ1) is 58.2. The monoisotopic (exact) mass is 1170 g/mol. The fraction of sp³-hybridized carbons (Fsp3) is 0.490. The molecule has 386 valence electrons. The van der Waals surface area contributed by atoms with E-state index in [2.05, 4.69) is 78.8 Å². The average Bonchev–Trinajstić information content (AvgIpc) is 3.96. The number of fused-ring (bicyclic) bond motifs is 2. The summed E-state index contributed by atoms with van der Waals surface area (Å²) < 4.78 is 11.4. The van der Waals surface area contributed by atoms with E-state index in [1.54, 1.807) is 14.1 Å². The molecule has 0 saturated heterocycles. The van der Waals surface area contributed by atoms with Gasteiger partial charge in [-0.15, -0.1) is 0 Å². The van der Waals surface area contributed by atoms with E-state index in [-0.39, 0.29) is 34.0 Å². The Kier molecular flexibility index (Phi) is 23.0. The zero-order valence-electron chi connectivity index (χ0n) is 42.4. The second-order valence-electron chi connectivity index (χ2n) is 17.8. The Balaban J connectivity index is 0.000000226. The standard InChI is InChI=1S/C22H29BrN4O2.C16H25N3O2.C7H6Br2.C6H10N4O2/c1-4-5-6-7-8-9-13-18-24-20-19(21(28)26(3)22(29)25(20)2)27(18)15-16-11-10-12-17(23)14-16;1-4-5-6-7-8-9-10-12-11-13-14(17-12)18(2)16(21)19(3)15(13)20;8-5-6-2-1-3-7(9)4-6;1-9-4(8)3(7)5(11)10(2)6(9)12/h10-12,14H,4-9,13,15H2,1-3H3;4-11H2,1-3H3;1-4H,5H2;7-8H2,1-2H3. The van der Waals surface area contributed by atoms with Crippen LogP contribution in [0.5, 0.6) is 0 Å². The van der Waals surface area contributed by atoms with Crippen molar-refractivity contribution in [3.8, 4) is 0 Å². The van der Waals surface area contributed by atoms with Gasteiger partial charge in [-0.1, -0.05) is 150 Å². The van der Waals surface area contributed by atoms with Gasteiger partial charge in [0.2, 0.25) is 0 Å². The predicted molar refractivity (Wildman–Crippen MR) is 299 cm³/mol. The summed E-state index contributed by atoms with van der Waals surface area (Å²) in [6.07, 6.45) is 17.0. The van der Waals surface area contributed by atoms with Gasteiger partial charge in [-0.05, 0) is 54.7 Å². The molecule has 4 aromatic heterocycles. The predicted octanol–water partition coefficient (Wildman–Crippen LogP) is 8.20. The van der Waals surface area contributed by atoms with Crippen molar-refractivity contribution in [2.45, 2.75) is 122 Å². The van der Waals surface area contributed by atoms with Gasteiger partial charge >= 0.3 is 17.1 Å². The van der Waals surface area contributed by atoms with Crippen molar-refractivity contribution in [2.24, 2.45) is 47.3 Å². The molecule has 0 saturated carbocycles. The molecule has 0 aliphatic carbocycles. The Morgan fingerprint density at radius 1 is 0.577 bits per heavy atom. The van der Waals surface area contributed by atoms with Crippen molar-refractivity contribution >= 4 is 82.0 Å². The number of hydrogen-bond donors (Lipinski definition) is 2. The first-order chi connectivity index (χ1) is 33.8. The third kappa shape index (κ3) is 15.3. The highest BCUT2D eigenvalue weighted by atomic mass is 79.9. The summed E-state index contributed by atoms with van der Waals surface area (Å²) in [5, 5.41) is 0.923. The topological polar surface area (TPSA) is 214 Å². The molecule has 1 aliphatic rings. The number of imidazole rings is 1. The molecule has 0 unspecified atom stereocenters. The number of alkyl halides is 1. The molecule has 20 heteroatoms. The van der Waals surface area contributed by atoms with Crippen LogP contribution >= 0.6 is 47.8 Å². The summed E-state index contributed by atoms with van der Waals surface area (Å²) in [4.78, 5) is 80.8. The summed E-state index contributed by atoms with van der Waals surface area (Å²) in [7, 11) is 9.20. The maximum Gasteiger partial charge on any atom is 0.332 e. The lowest BCUT2D eigenvalue weighted by Gasteiger charge is -2.10. The van der Waals surface area contributed by atoms with E-state index in [1.807, 2.05) is 41.0 Å². The van der Waals surface area contributed by atoms with Crippen molar-refractivity contribution in [3.05, 3.63) is 143 Å². The highest BCUT2D eigenvalue weighted by Crippen LogP contribution is 2.24. The number of rotatable bonds is 17. The third-order valence-corrected chi connectivity index (χ3v) is 14.0. The molecule has 71 heavy (non-hydrogen) atoms. The molecule has 2 aromatic carbocycles. The molecule has 0 radical (unpaired) electrons. The molecular formula is C51H70Br3N11O6. The number of unbranched alkanes of at least 4 members (excludes halogenated alkanes) is 10. The van der Waals surface area contributed by atoms with Crippen LogP contribution in [-0.2, 0) is 67.0 Å². The highest BCUT2D eigenvalue weighted by Gasteiger charge is 2.23. The summed E-state index contributed by atoms with van der Waals surface area (Å²) in [5.74, 6) is 1.43. The number of nitrogen functional groups attached to an aromatic ring is 2. The van der Waals surface area contributed by atoms with Crippen molar-refractivity contribution in [2.75, 3.05) is 11.5 Å². The van der Waals surface area contributed by atoms with Gasteiger partial charge in [0.25, 0.3) is 16.7 Å². The summed E-state index contributed by atoms with van der Waals surface area (Å²) >= 11 is 10.3. The molecule has 0 fully saturated rings. The van der Waals surface area contributed by atoms with Gasteiger partial charge in [0.15, 0.2) is 11.2 Å². The van der Waals surface area contributed by atoms with Crippen LogP contribution in [0.25, 0.3) is 11.2 Å². The maximum atomic E-state index is 12.9. The molecule has 7 rings (SSSR count). The SMILES string of the molecule is BrCc1cccc(Br)c1.CCCCCCCCC1=Nc2c(c(=O)n(C)c(=O)n2C)C1.CCCCCCCCc1nc2c(c(=O)n(C)c(=O)n2C)n1Cc1cccc(Br)c1.Cn1c(N)c(N)c(=O)n(C)c1=O. The molecule has 17 nitrogen and oxygen atoms in total. The van der Waals surface area contributed by atoms with Crippen LogP contribution in [0.2, 0.25) is 0 Å². The van der Waals surface area contributed by atoms with Crippen LogP contribution in [-0.4, -0.2) is 42.7 Å². The van der Waals surface area contributed by atoms with Crippen molar-refractivity contribution < 1.29 is 0 Å². The molecule has 5 heterocycles. The van der Waals surface area contributed by atoms with Crippen LogP contribution in [0.4, 0.5) is 17.3 Å². The number of hydrogen-bond acceptors (Lipinski definition) is 10. The van der Waals surface area contributed by atoms with Crippen LogP contribution in [0, 0.1) is 0 Å². The van der Waals surface area contributed by atoms with Gasteiger partial charge in [0.05, 0.1) is 5.56 Å². The van der Waals surface area contributed by atoms with Crippen molar-refractivity contribution in [1.29, 1.82) is 0 Å². The lowest BCUT2D eigenvalue weighted by Crippen LogP contribution is -2.39. The van der Waals surface area contributed by atoms with Gasteiger partial charge in [-0.2, -0.15) is 0 Å². The van der Waals surface area contributed by atoms with Gasteiger partial charge in [-0.3, -0.25) is 41.8 Å². The van der Waals surface area contributed by atoms with Crippen LogP contribution in [0.1, 0.15) is 120 Å². The molecule has 0 atom stereocenters. The number of anilines is 2. The maximum absolute atomic E-state index is 12.9. The summed E-state index contributed by atoms with van der Waals surface area (Å²) in [6.45, 7) is 4.99. The van der Waals surface area contributed by atoms with Crippen LogP contribution in [0.3, 0.4) is 0 Å². The van der Waals surface area contributed by atoms with Gasteiger partial charge in [0.1, 0.15) is 23.1 Å². The highest BCUT2D eigenvalue weighted by molar-refractivity contribution is 9.10. The van der Waals surface area contributed by atoms with Gasteiger partial charge in [-0.25, -0.2) is 24.4 Å². The fourth-order valence-electron chi connectivity index (χ4n) is 8.09. The van der Waals surface area contributed by atoms with E-state index in [4.69, 9.17) is 16.5 Å². The van der Waals surface area contributed by atoms with Gasteiger partial charge < -0.3 is 16.0 Å². The zero-order chi connectivity index (χ0) is 52.5. The molecular weight excluding hydrogens is 1100 g/mol. The molecule has 1 aliphatic heterocycles. The number of nitrogens with two attached hydrogens (primary N) is 2. The number of benzene rings is 2. The largest absolute Gasteiger partial charge is 0.391 e. The minimum atomic E-state index is -0.560. The average molecular weight is 1170 g/mol. The lowest BCUT2D eigenvalue weighted by molar-refractivity contribution is 0.592. The zero-order valence-corrected chi connectivity index (χ0v) is 47.2. The van der Waals surface area contributed by atoms with Crippen molar-refractivity contribution in [3.63, 3.8) is 0 Å². The number of aromatic nitrogens is 8. The number of nitrogens with zero attached hydrogens (tertiary/aromatic N) is 9. The molecule has 0 spiro atoms. The van der Waals surface area contributed by atoms with E-state index in [1.165, 1.54) is 105 Å². The summed E-state index contributed by atoms with van der Waals surface area (Å²) in [6, 6.07) is 16.3. The van der Waals surface area contributed by atoms with E-state index < -0.39 is 11.2 Å².